The molecule has 0 saturated carbocycles. The predicted octanol–water partition coefficient (Wildman–Crippen LogP) is 4.97. The molecular formula is C29H24O7. The number of carbonyl (C=O) groups excluding carboxylic acids is 3. The Morgan fingerprint density at radius 3 is 1.92 bits per heavy atom. The van der Waals surface area contributed by atoms with Gasteiger partial charge in [0, 0.05) is 11.5 Å². The minimum absolute atomic E-state index is 0.0301. The highest BCUT2D eigenvalue weighted by atomic mass is 16.5. The standard InChI is InChI=1S/C29H24O7/c1-16(2)27(31)34-20-6-8-21(9-7-20)35-29(33)19-5-11-23-24-12-10-22(36-28(32)17(3)15-30)14-26(24)18(4)25(23)13-19/h5-14,18,30H,1,3,15H2,2,4H3. The summed E-state index contributed by atoms with van der Waals surface area (Å²) in [6, 6.07) is 16.8. The molecule has 1 aliphatic carbocycles. The fourth-order valence-electron chi connectivity index (χ4n) is 3.85. The normalized spacial score (nSPS) is 13.2. The smallest absolute Gasteiger partial charge is 0.343 e. The first-order valence-electron chi connectivity index (χ1n) is 11.2. The monoisotopic (exact) mass is 484 g/mol. The molecule has 1 N–H and O–H groups in total. The van der Waals surface area contributed by atoms with E-state index in [1.807, 2.05) is 19.1 Å². The van der Waals surface area contributed by atoms with Gasteiger partial charge in [-0.25, -0.2) is 14.4 Å². The van der Waals surface area contributed by atoms with Crippen LogP contribution in [0.2, 0.25) is 0 Å². The molecule has 0 aliphatic heterocycles. The van der Waals surface area contributed by atoms with Crippen LogP contribution in [0.15, 0.2) is 85.0 Å². The number of fused-ring (bicyclic) bond motifs is 3. The largest absolute Gasteiger partial charge is 0.423 e. The van der Waals surface area contributed by atoms with Crippen LogP contribution in [-0.4, -0.2) is 29.6 Å². The van der Waals surface area contributed by atoms with Crippen LogP contribution < -0.4 is 14.2 Å². The third-order valence-corrected chi connectivity index (χ3v) is 5.82. The highest BCUT2D eigenvalue weighted by Crippen LogP contribution is 2.46. The Hall–Kier alpha value is -4.49. The number of carbonyl (C=O) groups is 3. The summed E-state index contributed by atoms with van der Waals surface area (Å²) in [6.07, 6.45) is 0. The third kappa shape index (κ3) is 4.96. The Labute approximate surface area is 208 Å². The molecule has 1 unspecified atom stereocenters. The first-order valence-corrected chi connectivity index (χ1v) is 11.2. The van der Waals surface area contributed by atoms with Crippen molar-refractivity contribution < 1.29 is 33.7 Å². The molecule has 0 spiro atoms. The summed E-state index contributed by atoms with van der Waals surface area (Å²) in [5.41, 5.74) is 4.51. The summed E-state index contributed by atoms with van der Waals surface area (Å²) in [5.74, 6) is -0.818. The fourth-order valence-corrected chi connectivity index (χ4v) is 3.85. The molecule has 3 aromatic rings. The van der Waals surface area contributed by atoms with Crippen LogP contribution in [0.1, 0.15) is 41.3 Å². The maximum Gasteiger partial charge on any atom is 0.343 e. The number of hydrogen-bond donors (Lipinski definition) is 1. The summed E-state index contributed by atoms with van der Waals surface area (Å²) in [5, 5.41) is 9.07. The Morgan fingerprint density at radius 2 is 1.31 bits per heavy atom. The van der Waals surface area contributed by atoms with Gasteiger partial charge < -0.3 is 19.3 Å². The zero-order valence-electron chi connectivity index (χ0n) is 19.9. The van der Waals surface area contributed by atoms with E-state index >= 15 is 0 Å². The zero-order chi connectivity index (χ0) is 26.0. The highest BCUT2D eigenvalue weighted by Gasteiger charge is 2.27. The van der Waals surface area contributed by atoms with Crippen LogP contribution in [0.3, 0.4) is 0 Å². The average Bonchev–Trinajstić information content (AvgIpc) is 3.15. The number of benzene rings is 3. The quantitative estimate of drug-likeness (QED) is 0.287. The predicted molar refractivity (Wildman–Crippen MR) is 133 cm³/mol. The Kier molecular flexibility index (Phi) is 6.85. The maximum atomic E-state index is 12.8. The maximum absolute atomic E-state index is 12.8. The topological polar surface area (TPSA) is 99.1 Å². The highest BCUT2D eigenvalue weighted by molar-refractivity contribution is 5.94. The number of rotatable bonds is 7. The van der Waals surface area contributed by atoms with Crippen LogP contribution in [0, 0.1) is 0 Å². The molecule has 0 saturated heterocycles. The Morgan fingerprint density at radius 1 is 0.778 bits per heavy atom. The molecule has 36 heavy (non-hydrogen) atoms. The number of aliphatic hydroxyl groups excluding tert-OH is 1. The van der Waals surface area contributed by atoms with Crippen LogP contribution in [0.25, 0.3) is 11.1 Å². The van der Waals surface area contributed by atoms with Gasteiger partial charge in [0.2, 0.25) is 0 Å². The van der Waals surface area contributed by atoms with Gasteiger partial charge in [0.25, 0.3) is 0 Å². The molecule has 0 heterocycles. The van der Waals surface area contributed by atoms with E-state index in [4.69, 9.17) is 19.3 Å². The van der Waals surface area contributed by atoms with Gasteiger partial charge in [-0.15, -0.1) is 0 Å². The molecule has 3 aromatic carbocycles. The van der Waals surface area contributed by atoms with Gasteiger partial charge in [0.05, 0.1) is 17.7 Å². The molecule has 182 valence electrons. The molecule has 7 nitrogen and oxygen atoms in total. The molecule has 0 radical (unpaired) electrons. The van der Waals surface area contributed by atoms with E-state index in [0.29, 0.717) is 22.8 Å². The van der Waals surface area contributed by atoms with Crippen molar-refractivity contribution in [3.8, 4) is 28.4 Å². The molecule has 4 rings (SSSR count). The molecule has 7 heteroatoms. The van der Waals surface area contributed by atoms with Gasteiger partial charge in [-0.2, -0.15) is 0 Å². The van der Waals surface area contributed by atoms with Crippen LogP contribution in [-0.2, 0) is 9.59 Å². The lowest BCUT2D eigenvalue weighted by atomic mass is 9.98. The van der Waals surface area contributed by atoms with Crippen molar-refractivity contribution in [2.24, 2.45) is 0 Å². The van der Waals surface area contributed by atoms with Crippen LogP contribution in [0.4, 0.5) is 0 Å². The van der Waals surface area contributed by atoms with Gasteiger partial charge in [-0.05, 0) is 77.7 Å². The fraction of sp³-hybridized carbons (Fsp3) is 0.138. The number of aliphatic hydroxyl groups is 1. The first kappa shape index (κ1) is 24.6. The van der Waals surface area contributed by atoms with Crippen molar-refractivity contribution in [3.63, 3.8) is 0 Å². The summed E-state index contributed by atoms with van der Waals surface area (Å²) in [7, 11) is 0. The van der Waals surface area contributed by atoms with E-state index in [9.17, 15) is 14.4 Å². The second-order valence-electron chi connectivity index (χ2n) is 8.45. The lowest BCUT2D eigenvalue weighted by Crippen LogP contribution is -2.13. The van der Waals surface area contributed by atoms with Crippen molar-refractivity contribution in [1.29, 1.82) is 0 Å². The average molecular weight is 485 g/mol. The van der Waals surface area contributed by atoms with E-state index in [2.05, 4.69) is 13.2 Å². The molecule has 0 fully saturated rings. The van der Waals surface area contributed by atoms with Gasteiger partial charge in [-0.1, -0.05) is 32.2 Å². The number of ether oxygens (including phenoxy) is 3. The molecular weight excluding hydrogens is 460 g/mol. The summed E-state index contributed by atoms with van der Waals surface area (Å²) in [6.45, 7) is 10.1. The number of esters is 3. The van der Waals surface area contributed by atoms with E-state index in [1.54, 1.807) is 43.3 Å². The van der Waals surface area contributed by atoms with Crippen molar-refractivity contribution >= 4 is 17.9 Å². The van der Waals surface area contributed by atoms with Gasteiger partial charge in [-0.3, -0.25) is 0 Å². The second kappa shape index (κ2) is 10.0. The van der Waals surface area contributed by atoms with Crippen molar-refractivity contribution in [3.05, 3.63) is 102 Å². The first-order chi connectivity index (χ1) is 17.2. The number of hydrogen-bond acceptors (Lipinski definition) is 7. The van der Waals surface area contributed by atoms with Crippen molar-refractivity contribution in [1.82, 2.24) is 0 Å². The van der Waals surface area contributed by atoms with Crippen LogP contribution in [0.5, 0.6) is 17.2 Å². The van der Waals surface area contributed by atoms with Gasteiger partial charge in [0.1, 0.15) is 17.2 Å². The van der Waals surface area contributed by atoms with E-state index in [-0.39, 0.29) is 17.1 Å². The molecule has 0 aromatic heterocycles. The molecule has 0 amide bonds. The summed E-state index contributed by atoms with van der Waals surface area (Å²) >= 11 is 0. The molecule has 1 atom stereocenters. The van der Waals surface area contributed by atoms with Crippen molar-refractivity contribution in [2.45, 2.75) is 19.8 Å². The Balaban J connectivity index is 1.49. The summed E-state index contributed by atoms with van der Waals surface area (Å²) < 4.78 is 15.9. The van der Waals surface area contributed by atoms with Crippen LogP contribution >= 0.6 is 0 Å². The lowest BCUT2D eigenvalue weighted by molar-refractivity contribution is -0.131. The van der Waals surface area contributed by atoms with E-state index < -0.39 is 24.5 Å². The van der Waals surface area contributed by atoms with Crippen molar-refractivity contribution in [2.75, 3.05) is 6.61 Å². The molecule has 1 aliphatic rings. The lowest BCUT2D eigenvalue weighted by Gasteiger charge is -2.10. The Bertz CT molecular complexity index is 1400. The summed E-state index contributed by atoms with van der Waals surface area (Å²) in [4.78, 5) is 36.4. The molecule has 0 bridgehead atoms. The SMILES string of the molecule is C=C(C)C(=O)Oc1ccc(OC(=O)c2ccc3c(c2)C(C)c2cc(OC(=O)C(=C)CO)ccc2-3)cc1. The minimum atomic E-state index is -0.687. The second-order valence-corrected chi connectivity index (χ2v) is 8.45. The van der Waals surface area contributed by atoms with E-state index in [0.717, 1.165) is 22.3 Å². The van der Waals surface area contributed by atoms with E-state index in [1.165, 1.54) is 12.1 Å². The van der Waals surface area contributed by atoms with Gasteiger partial charge >= 0.3 is 17.9 Å². The third-order valence-electron chi connectivity index (χ3n) is 5.82. The minimum Gasteiger partial charge on any atom is -0.423 e. The zero-order valence-corrected chi connectivity index (χ0v) is 19.9. The van der Waals surface area contributed by atoms with Gasteiger partial charge in [0.15, 0.2) is 0 Å².